The lowest BCUT2D eigenvalue weighted by atomic mass is 10.2. The summed E-state index contributed by atoms with van der Waals surface area (Å²) in [7, 11) is 0. The highest BCUT2D eigenvalue weighted by atomic mass is 79.9. The van der Waals surface area contributed by atoms with Crippen LogP contribution in [0.25, 0.3) is 0 Å². The molecule has 0 bridgehead atoms. The molecule has 16 heavy (non-hydrogen) atoms. The van der Waals surface area contributed by atoms with E-state index in [1.54, 1.807) is 24.3 Å². The summed E-state index contributed by atoms with van der Waals surface area (Å²) in [6.45, 7) is -0.0930. The molecule has 0 saturated carbocycles. The van der Waals surface area contributed by atoms with Crippen LogP contribution in [0, 0.1) is 0 Å². The molecule has 1 aromatic carbocycles. The van der Waals surface area contributed by atoms with E-state index >= 15 is 0 Å². The standard InChI is InChI=1S/C10H10BrF3N2/c11-7-3-1-6(2-4-7)9-15-5-8(16-9)10(12,13)14/h1-4,8-9,15-16H,5H2. The fourth-order valence-corrected chi connectivity index (χ4v) is 1.90. The second-order valence-corrected chi connectivity index (χ2v) is 4.57. The molecule has 6 heteroatoms. The first-order valence-corrected chi connectivity index (χ1v) is 5.58. The Morgan fingerprint density at radius 1 is 1.19 bits per heavy atom. The average molecular weight is 295 g/mol. The molecule has 1 saturated heterocycles. The lowest BCUT2D eigenvalue weighted by molar-refractivity contribution is -0.149. The summed E-state index contributed by atoms with van der Waals surface area (Å²) in [6, 6.07) is 5.71. The van der Waals surface area contributed by atoms with Crippen molar-refractivity contribution in [2.24, 2.45) is 0 Å². The van der Waals surface area contributed by atoms with Crippen LogP contribution in [0.15, 0.2) is 28.7 Å². The maximum atomic E-state index is 12.4. The molecule has 1 aromatic rings. The molecule has 0 radical (unpaired) electrons. The molecule has 2 rings (SSSR count). The molecular weight excluding hydrogens is 285 g/mol. The van der Waals surface area contributed by atoms with Gasteiger partial charge in [0.1, 0.15) is 6.04 Å². The molecular formula is C10H10BrF3N2. The van der Waals surface area contributed by atoms with E-state index in [4.69, 9.17) is 0 Å². The molecule has 0 aromatic heterocycles. The van der Waals surface area contributed by atoms with Gasteiger partial charge in [-0.25, -0.2) is 0 Å². The Balaban J connectivity index is 2.06. The van der Waals surface area contributed by atoms with Crippen molar-refractivity contribution in [1.82, 2.24) is 10.6 Å². The molecule has 2 atom stereocenters. The van der Waals surface area contributed by atoms with Gasteiger partial charge >= 0.3 is 6.18 Å². The highest BCUT2D eigenvalue weighted by Crippen LogP contribution is 2.26. The fraction of sp³-hybridized carbons (Fsp3) is 0.400. The number of halogens is 4. The number of nitrogens with one attached hydrogen (secondary N) is 2. The highest BCUT2D eigenvalue weighted by Gasteiger charge is 2.44. The molecule has 1 aliphatic heterocycles. The SMILES string of the molecule is FC(F)(F)C1CNC(c2ccc(Br)cc2)N1. The van der Waals surface area contributed by atoms with Crippen molar-refractivity contribution in [3.63, 3.8) is 0 Å². The molecule has 1 fully saturated rings. The van der Waals surface area contributed by atoms with E-state index in [-0.39, 0.29) is 6.54 Å². The number of hydrogen-bond donors (Lipinski definition) is 2. The molecule has 2 unspecified atom stereocenters. The minimum atomic E-state index is -4.20. The van der Waals surface area contributed by atoms with Crippen molar-refractivity contribution in [2.75, 3.05) is 6.54 Å². The predicted molar refractivity (Wildman–Crippen MR) is 57.9 cm³/mol. The van der Waals surface area contributed by atoms with E-state index in [1.807, 2.05) is 0 Å². The van der Waals surface area contributed by atoms with Crippen LogP contribution in [-0.2, 0) is 0 Å². The van der Waals surface area contributed by atoms with Gasteiger partial charge in [-0.05, 0) is 17.7 Å². The first kappa shape index (κ1) is 11.9. The molecule has 0 spiro atoms. The van der Waals surface area contributed by atoms with E-state index in [1.165, 1.54) is 0 Å². The van der Waals surface area contributed by atoms with Crippen LogP contribution in [-0.4, -0.2) is 18.8 Å². The monoisotopic (exact) mass is 294 g/mol. The summed E-state index contributed by atoms with van der Waals surface area (Å²) in [6.07, 6.45) is -4.63. The Labute approximate surface area is 99.3 Å². The van der Waals surface area contributed by atoms with Gasteiger partial charge in [-0.15, -0.1) is 0 Å². The number of hydrogen-bond acceptors (Lipinski definition) is 2. The van der Waals surface area contributed by atoms with Crippen molar-refractivity contribution in [3.8, 4) is 0 Å². The minimum absolute atomic E-state index is 0.0930. The van der Waals surface area contributed by atoms with Crippen molar-refractivity contribution in [1.29, 1.82) is 0 Å². The second-order valence-electron chi connectivity index (χ2n) is 3.65. The molecule has 0 amide bonds. The predicted octanol–water partition coefficient (Wildman–Crippen LogP) is 2.57. The van der Waals surface area contributed by atoms with E-state index in [0.717, 1.165) is 10.0 Å². The zero-order chi connectivity index (χ0) is 11.8. The molecule has 1 heterocycles. The Bertz CT molecular complexity index is 363. The maximum Gasteiger partial charge on any atom is 0.405 e. The van der Waals surface area contributed by atoms with Gasteiger partial charge in [-0.1, -0.05) is 28.1 Å². The quantitative estimate of drug-likeness (QED) is 0.832. The van der Waals surface area contributed by atoms with Gasteiger partial charge in [0.15, 0.2) is 0 Å². The number of alkyl halides is 3. The van der Waals surface area contributed by atoms with E-state index in [0.29, 0.717) is 0 Å². The summed E-state index contributed by atoms with van der Waals surface area (Å²) in [5.41, 5.74) is 0.801. The Kier molecular flexibility index (Phi) is 3.23. The Morgan fingerprint density at radius 3 is 2.31 bits per heavy atom. The highest BCUT2D eigenvalue weighted by molar-refractivity contribution is 9.10. The van der Waals surface area contributed by atoms with Crippen LogP contribution in [0.3, 0.4) is 0 Å². The topological polar surface area (TPSA) is 24.1 Å². The summed E-state index contributed by atoms with van der Waals surface area (Å²) in [4.78, 5) is 0. The third-order valence-electron chi connectivity index (χ3n) is 2.49. The van der Waals surface area contributed by atoms with Crippen LogP contribution >= 0.6 is 15.9 Å². The fourth-order valence-electron chi connectivity index (χ4n) is 1.63. The van der Waals surface area contributed by atoms with E-state index in [9.17, 15) is 13.2 Å². The van der Waals surface area contributed by atoms with Gasteiger partial charge in [-0.3, -0.25) is 10.6 Å². The molecule has 0 aliphatic carbocycles. The van der Waals surface area contributed by atoms with Crippen LogP contribution < -0.4 is 10.6 Å². The van der Waals surface area contributed by atoms with Crippen molar-refractivity contribution in [3.05, 3.63) is 34.3 Å². The third-order valence-corrected chi connectivity index (χ3v) is 3.02. The number of benzene rings is 1. The molecule has 88 valence electrons. The molecule has 2 nitrogen and oxygen atoms in total. The molecule has 1 aliphatic rings. The molecule has 2 N–H and O–H groups in total. The van der Waals surface area contributed by atoms with Crippen LogP contribution in [0.2, 0.25) is 0 Å². The van der Waals surface area contributed by atoms with Gasteiger partial charge in [-0.2, -0.15) is 13.2 Å². The lowest BCUT2D eigenvalue weighted by Gasteiger charge is -2.16. The summed E-state index contributed by atoms with van der Waals surface area (Å²) in [5, 5.41) is 5.32. The first-order chi connectivity index (χ1) is 7.47. The zero-order valence-corrected chi connectivity index (χ0v) is 9.77. The van der Waals surface area contributed by atoms with E-state index in [2.05, 4.69) is 26.6 Å². The average Bonchev–Trinajstić information content (AvgIpc) is 2.67. The van der Waals surface area contributed by atoms with Gasteiger partial charge in [0.05, 0.1) is 6.17 Å². The van der Waals surface area contributed by atoms with Crippen molar-refractivity contribution < 1.29 is 13.2 Å². The van der Waals surface area contributed by atoms with Crippen LogP contribution in [0.4, 0.5) is 13.2 Å². The summed E-state index contributed by atoms with van der Waals surface area (Å²) < 4.78 is 38.1. The van der Waals surface area contributed by atoms with E-state index < -0.39 is 18.4 Å². The van der Waals surface area contributed by atoms with Crippen LogP contribution in [0.5, 0.6) is 0 Å². The maximum absolute atomic E-state index is 12.4. The summed E-state index contributed by atoms with van der Waals surface area (Å²) >= 11 is 3.28. The Morgan fingerprint density at radius 2 is 1.81 bits per heavy atom. The summed E-state index contributed by atoms with van der Waals surface area (Å²) in [5.74, 6) is 0. The van der Waals surface area contributed by atoms with Gasteiger partial charge < -0.3 is 0 Å². The van der Waals surface area contributed by atoms with Crippen molar-refractivity contribution in [2.45, 2.75) is 18.4 Å². The van der Waals surface area contributed by atoms with Gasteiger partial charge in [0.25, 0.3) is 0 Å². The van der Waals surface area contributed by atoms with Crippen molar-refractivity contribution >= 4 is 15.9 Å². The second kappa shape index (κ2) is 4.35. The normalized spacial score (nSPS) is 26.0. The number of rotatable bonds is 1. The zero-order valence-electron chi connectivity index (χ0n) is 8.18. The first-order valence-electron chi connectivity index (χ1n) is 4.78. The van der Waals surface area contributed by atoms with Crippen LogP contribution in [0.1, 0.15) is 11.7 Å². The third kappa shape index (κ3) is 2.56. The smallest absolute Gasteiger partial charge is 0.296 e. The van der Waals surface area contributed by atoms with Gasteiger partial charge in [0.2, 0.25) is 0 Å². The minimum Gasteiger partial charge on any atom is -0.296 e. The largest absolute Gasteiger partial charge is 0.405 e. The Hall–Kier alpha value is -0.590. The van der Waals surface area contributed by atoms with Gasteiger partial charge in [0, 0.05) is 11.0 Å². The lowest BCUT2D eigenvalue weighted by Crippen LogP contribution is -2.39.